The van der Waals surface area contributed by atoms with E-state index < -0.39 is 32.5 Å². The van der Waals surface area contributed by atoms with Crippen molar-refractivity contribution in [1.29, 1.82) is 0 Å². The maximum absolute atomic E-state index is 12.4. The van der Waals surface area contributed by atoms with Gasteiger partial charge >= 0.3 is 19.8 Å². The third-order valence-corrected chi connectivity index (χ3v) is 9.77. The van der Waals surface area contributed by atoms with Crippen LogP contribution >= 0.6 is 7.82 Å². The quantitative estimate of drug-likeness (QED) is 0.0278. The van der Waals surface area contributed by atoms with E-state index in [1.807, 2.05) is 0 Å². The van der Waals surface area contributed by atoms with Gasteiger partial charge in [-0.2, -0.15) is 0 Å². The van der Waals surface area contributed by atoms with Crippen LogP contribution in [0.25, 0.3) is 0 Å². The molecule has 0 unspecified atom stereocenters. The molecule has 9 heteroatoms. The maximum Gasteiger partial charge on any atom is 0.469 e. The number of ether oxygens (including phenoxy) is 2. The van der Waals surface area contributed by atoms with E-state index in [9.17, 15) is 14.2 Å². The van der Waals surface area contributed by atoms with Gasteiger partial charge < -0.3 is 19.3 Å². The number of hydrogen-bond acceptors (Lipinski definition) is 6. The van der Waals surface area contributed by atoms with E-state index in [1.54, 1.807) is 0 Å². The van der Waals surface area contributed by atoms with Gasteiger partial charge in [0.25, 0.3) is 0 Å². The van der Waals surface area contributed by atoms with E-state index in [1.165, 1.54) is 148 Å². The monoisotopic (exact) mass is 731 g/mol. The lowest BCUT2D eigenvalue weighted by atomic mass is 10.0. The Kier molecular flexibility index (Phi) is 36.6. The summed E-state index contributed by atoms with van der Waals surface area (Å²) < 4.78 is 26.4. The van der Waals surface area contributed by atoms with Crippen LogP contribution in [0.5, 0.6) is 0 Å². The first-order valence-corrected chi connectivity index (χ1v) is 22.5. The van der Waals surface area contributed by atoms with Crippen LogP contribution in [0, 0.1) is 0 Å². The smallest absolute Gasteiger partial charge is 0.462 e. The fourth-order valence-corrected chi connectivity index (χ4v) is 6.48. The number of phosphoric ester groups is 1. The number of unbranched alkanes of at least 4 members (excludes halogenated alkanes) is 27. The van der Waals surface area contributed by atoms with Gasteiger partial charge in [-0.15, -0.1) is 0 Å². The van der Waals surface area contributed by atoms with Crippen molar-refractivity contribution in [2.45, 2.75) is 225 Å². The summed E-state index contributed by atoms with van der Waals surface area (Å²) in [6.45, 7) is 3.68. The lowest BCUT2D eigenvalue weighted by Crippen LogP contribution is -2.29. The zero-order valence-corrected chi connectivity index (χ0v) is 33.5. The second-order valence-electron chi connectivity index (χ2n) is 14.3. The summed E-state index contributed by atoms with van der Waals surface area (Å²) in [7, 11) is -4.75. The van der Waals surface area contributed by atoms with E-state index in [2.05, 4.69) is 30.5 Å². The van der Waals surface area contributed by atoms with Gasteiger partial charge in [-0.1, -0.05) is 187 Å². The van der Waals surface area contributed by atoms with Gasteiger partial charge in [0.1, 0.15) is 6.61 Å². The van der Waals surface area contributed by atoms with E-state index in [-0.39, 0.29) is 19.4 Å². The minimum Gasteiger partial charge on any atom is -0.462 e. The van der Waals surface area contributed by atoms with Crippen LogP contribution in [0.3, 0.4) is 0 Å². The lowest BCUT2D eigenvalue weighted by Gasteiger charge is -2.18. The Bertz CT molecular complexity index is 827. The van der Waals surface area contributed by atoms with Crippen molar-refractivity contribution in [3.05, 3.63) is 12.2 Å². The summed E-state index contributed by atoms with van der Waals surface area (Å²) in [5, 5.41) is 0. The molecule has 50 heavy (non-hydrogen) atoms. The molecule has 0 aliphatic carbocycles. The van der Waals surface area contributed by atoms with E-state index >= 15 is 0 Å². The lowest BCUT2D eigenvalue weighted by molar-refractivity contribution is -0.161. The molecule has 0 fully saturated rings. The third kappa shape index (κ3) is 39.6. The van der Waals surface area contributed by atoms with Crippen LogP contribution in [-0.2, 0) is 28.2 Å². The van der Waals surface area contributed by atoms with Crippen molar-refractivity contribution < 1.29 is 37.9 Å². The van der Waals surface area contributed by atoms with Gasteiger partial charge in [-0.25, -0.2) is 4.57 Å². The minimum atomic E-state index is -4.75. The van der Waals surface area contributed by atoms with E-state index in [4.69, 9.17) is 19.3 Å². The van der Waals surface area contributed by atoms with Gasteiger partial charge in [0.15, 0.2) is 6.10 Å². The van der Waals surface area contributed by atoms with Gasteiger partial charge in [-0.05, 0) is 32.1 Å². The van der Waals surface area contributed by atoms with Crippen molar-refractivity contribution in [2.75, 3.05) is 13.2 Å². The second-order valence-corrected chi connectivity index (χ2v) is 15.6. The van der Waals surface area contributed by atoms with Crippen LogP contribution in [0.2, 0.25) is 0 Å². The number of carbonyl (C=O) groups excluding carboxylic acids is 2. The normalized spacial score (nSPS) is 12.5. The van der Waals surface area contributed by atoms with Gasteiger partial charge in [-0.3, -0.25) is 14.1 Å². The van der Waals surface area contributed by atoms with Crippen molar-refractivity contribution in [2.24, 2.45) is 0 Å². The van der Waals surface area contributed by atoms with Gasteiger partial charge in [0, 0.05) is 12.8 Å². The molecule has 296 valence electrons. The van der Waals surface area contributed by atoms with Crippen LogP contribution in [0.1, 0.15) is 219 Å². The predicted molar refractivity (Wildman–Crippen MR) is 207 cm³/mol. The molecule has 0 aromatic heterocycles. The zero-order chi connectivity index (χ0) is 36.8. The van der Waals surface area contributed by atoms with Gasteiger partial charge in [0.05, 0.1) is 6.61 Å². The number of hydrogen-bond donors (Lipinski definition) is 2. The molecule has 0 saturated heterocycles. The maximum atomic E-state index is 12.4. The first-order chi connectivity index (χ1) is 24.3. The number of esters is 2. The molecule has 0 rings (SSSR count). The molecule has 0 aliphatic rings. The Labute approximate surface area is 307 Å². The first-order valence-electron chi connectivity index (χ1n) is 21.0. The summed E-state index contributed by atoms with van der Waals surface area (Å²) in [4.78, 5) is 42.8. The number of phosphoric acid groups is 1. The molecule has 2 N–H and O–H groups in total. The number of rotatable bonds is 39. The molecule has 8 nitrogen and oxygen atoms in total. The standard InChI is InChI=1S/C41H79O8P/c1-3-5-7-9-11-13-15-17-19-20-22-23-25-27-29-31-33-35-40(42)47-37-39(38-48-50(44,45)46)49-41(43)36-34-32-30-28-26-24-21-18-16-14-12-10-8-6-4-2/h10,12,39H,3-9,11,13-38H2,1-2H3,(H2,44,45,46)/b12-10+/t39-/m1/s1. The molecule has 0 heterocycles. The topological polar surface area (TPSA) is 119 Å². The molecule has 0 bridgehead atoms. The highest BCUT2D eigenvalue weighted by Crippen LogP contribution is 2.36. The number of allylic oxidation sites excluding steroid dienone is 2. The second kappa shape index (κ2) is 37.5. The number of carbonyl (C=O) groups is 2. The average Bonchev–Trinajstić information content (AvgIpc) is 3.08. The SMILES string of the molecule is CCCC/C=C/CCCCCCCCCCCC(=O)O[C@H](COC(=O)CCCCCCCCCCCCCCCCCCC)COP(=O)(O)O. The zero-order valence-electron chi connectivity index (χ0n) is 32.6. The Morgan fingerprint density at radius 3 is 1.28 bits per heavy atom. The third-order valence-electron chi connectivity index (χ3n) is 9.28. The molecule has 0 saturated carbocycles. The van der Waals surface area contributed by atoms with Gasteiger partial charge in [0.2, 0.25) is 0 Å². The van der Waals surface area contributed by atoms with Crippen LogP contribution in [0.15, 0.2) is 12.2 Å². The highest BCUT2D eigenvalue weighted by atomic mass is 31.2. The summed E-state index contributed by atoms with van der Waals surface area (Å²) in [6.07, 6.45) is 40.7. The predicted octanol–water partition coefficient (Wildman–Crippen LogP) is 12.6. The molecule has 0 aromatic rings. The Morgan fingerprint density at radius 2 is 0.860 bits per heavy atom. The summed E-state index contributed by atoms with van der Waals surface area (Å²) in [5.41, 5.74) is 0. The highest BCUT2D eigenvalue weighted by Gasteiger charge is 2.22. The fourth-order valence-electron chi connectivity index (χ4n) is 6.12. The van der Waals surface area contributed by atoms with Crippen LogP contribution < -0.4 is 0 Å². The summed E-state index contributed by atoms with van der Waals surface area (Å²) in [5.74, 6) is -0.875. The van der Waals surface area contributed by atoms with Crippen molar-refractivity contribution in [1.82, 2.24) is 0 Å². The molecular formula is C41H79O8P. The minimum absolute atomic E-state index is 0.214. The van der Waals surface area contributed by atoms with E-state index in [0.717, 1.165) is 38.5 Å². The average molecular weight is 731 g/mol. The van der Waals surface area contributed by atoms with E-state index in [0.29, 0.717) is 6.42 Å². The summed E-state index contributed by atoms with van der Waals surface area (Å²) in [6, 6.07) is 0. The van der Waals surface area contributed by atoms with Crippen LogP contribution in [-0.4, -0.2) is 41.0 Å². The van der Waals surface area contributed by atoms with Crippen molar-refractivity contribution in [3.8, 4) is 0 Å². The molecular weight excluding hydrogens is 651 g/mol. The molecule has 1 atom stereocenters. The van der Waals surface area contributed by atoms with Crippen LogP contribution in [0.4, 0.5) is 0 Å². The highest BCUT2D eigenvalue weighted by molar-refractivity contribution is 7.46. The molecule has 0 aliphatic heterocycles. The molecule has 0 aromatic carbocycles. The summed E-state index contributed by atoms with van der Waals surface area (Å²) >= 11 is 0. The Hall–Kier alpha value is -1.21. The first kappa shape index (κ1) is 48.8. The molecule has 0 amide bonds. The molecule has 0 radical (unpaired) electrons. The molecule has 0 spiro atoms. The fraction of sp³-hybridized carbons (Fsp3) is 0.902. The Morgan fingerprint density at radius 1 is 0.500 bits per heavy atom. The van der Waals surface area contributed by atoms with Crippen molar-refractivity contribution in [3.63, 3.8) is 0 Å². The Balaban J connectivity index is 3.87. The van der Waals surface area contributed by atoms with Crippen molar-refractivity contribution >= 4 is 19.8 Å². The largest absolute Gasteiger partial charge is 0.469 e.